The summed E-state index contributed by atoms with van der Waals surface area (Å²) in [6.07, 6.45) is -0.0559. The van der Waals surface area contributed by atoms with E-state index in [9.17, 15) is 9.13 Å². The fourth-order valence-electron chi connectivity index (χ4n) is 1.16. The van der Waals surface area contributed by atoms with E-state index in [1.54, 1.807) is 0 Å². The van der Waals surface area contributed by atoms with Crippen LogP contribution in [-0.2, 0) is 9.13 Å². The van der Waals surface area contributed by atoms with Crippen molar-refractivity contribution in [1.82, 2.24) is 0 Å². The van der Waals surface area contributed by atoms with Gasteiger partial charge < -0.3 is 19.6 Å². The first-order chi connectivity index (χ1) is 7.14. The van der Waals surface area contributed by atoms with Crippen molar-refractivity contribution in [1.29, 1.82) is 0 Å². The Morgan fingerprint density at radius 3 is 1.38 bits per heavy atom. The fraction of sp³-hybridized carbons (Fsp3) is 0.667. The van der Waals surface area contributed by atoms with Crippen molar-refractivity contribution < 1.29 is 28.7 Å². The molecule has 0 aromatic heterocycles. The molecule has 0 aliphatic rings. The van der Waals surface area contributed by atoms with Crippen LogP contribution in [0.3, 0.4) is 0 Å². The van der Waals surface area contributed by atoms with Gasteiger partial charge in [0.15, 0.2) is 5.06 Å². The Bertz CT molecular complexity index is 324. The van der Waals surface area contributed by atoms with E-state index in [0.717, 1.165) is 0 Å². The molecule has 6 nitrogen and oxygen atoms in total. The van der Waals surface area contributed by atoms with E-state index in [0.29, 0.717) is 0 Å². The Labute approximate surface area is 103 Å². The highest BCUT2D eigenvalue weighted by Gasteiger charge is 2.38. The van der Waals surface area contributed by atoms with E-state index in [1.165, 1.54) is 0 Å². The first-order valence-electron chi connectivity index (χ1n) is 4.10. The van der Waals surface area contributed by atoms with Crippen LogP contribution in [0.15, 0.2) is 10.6 Å². The van der Waals surface area contributed by atoms with Crippen molar-refractivity contribution in [3.63, 3.8) is 0 Å². The van der Waals surface area contributed by atoms with E-state index >= 15 is 0 Å². The van der Waals surface area contributed by atoms with E-state index in [-0.39, 0.29) is 30.2 Å². The molecule has 4 N–H and O–H groups in total. The van der Waals surface area contributed by atoms with Gasteiger partial charge in [0.25, 0.3) is 0 Å². The number of hydrogen-bond acceptors (Lipinski definition) is 2. The molecule has 96 valence electrons. The van der Waals surface area contributed by atoms with Crippen molar-refractivity contribution >= 4 is 38.4 Å². The number of hydrogen-bond donors (Lipinski definition) is 4. The molecule has 0 fully saturated rings. The second kappa shape index (κ2) is 6.53. The molecule has 16 heavy (non-hydrogen) atoms. The van der Waals surface area contributed by atoms with Gasteiger partial charge in [-0.25, -0.2) is 0 Å². The molecule has 0 saturated carbocycles. The zero-order valence-corrected chi connectivity index (χ0v) is 11.4. The molecule has 0 spiro atoms. The maximum atomic E-state index is 11.0. The van der Waals surface area contributed by atoms with Gasteiger partial charge in [-0.1, -0.05) is 0 Å². The third-order valence-corrected chi connectivity index (χ3v) is 5.34. The first-order valence-corrected chi connectivity index (χ1v) is 8.40. The molecular formula is C6H12Cl2O6P2. The van der Waals surface area contributed by atoms with Crippen LogP contribution in [-0.4, -0.2) is 31.3 Å². The molecule has 0 aromatic rings. The lowest BCUT2D eigenvalue weighted by molar-refractivity contribution is 0.366. The molecule has 0 rings (SSSR count). The van der Waals surface area contributed by atoms with Crippen molar-refractivity contribution in [3.05, 3.63) is 10.6 Å². The van der Waals surface area contributed by atoms with Crippen LogP contribution in [0.1, 0.15) is 12.8 Å². The Kier molecular flexibility index (Phi) is 6.78. The highest BCUT2D eigenvalue weighted by atomic mass is 35.5. The quantitative estimate of drug-likeness (QED) is 0.439. The van der Waals surface area contributed by atoms with Crippen molar-refractivity contribution in [2.75, 3.05) is 11.8 Å². The predicted molar refractivity (Wildman–Crippen MR) is 61.8 cm³/mol. The van der Waals surface area contributed by atoms with Crippen LogP contribution in [0, 0.1) is 0 Å². The highest BCUT2D eigenvalue weighted by Crippen LogP contribution is 2.65. The first kappa shape index (κ1) is 16.6. The Morgan fingerprint density at radius 2 is 1.19 bits per heavy atom. The second-order valence-electron chi connectivity index (χ2n) is 2.89. The summed E-state index contributed by atoms with van der Waals surface area (Å²) in [5, 5.41) is -1.15. The summed E-state index contributed by atoms with van der Waals surface area (Å²) in [6.45, 7) is 0. The van der Waals surface area contributed by atoms with Crippen LogP contribution in [0.5, 0.6) is 0 Å². The van der Waals surface area contributed by atoms with E-state index in [4.69, 9.17) is 42.8 Å². The SMILES string of the molecule is O=P(O)(O)C(=C(CCCl)CCCl)P(=O)(O)O. The molecule has 0 bridgehead atoms. The predicted octanol–water partition coefficient (Wildman–Crippen LogP) is 1.81. The minimum absolute atomic E-state index is 0.00424. The molecule has 0 atom stereocenters. The minimum Gasteiger partial charge on any atom is -0.321 e. The summed E-state index contributed by atoms with van der Waals surface area (Å²) < 4.78 is 22.1. The van der Waals surface area contributed by atoms with Gasteiger partial charge in [0.05, 0.1) is 0 Å². The molecule has 0 aliphatic heterocycles. The maximum Gasteiger partial charge on any atom is 0.364 e. The van der Waals surface area contributed by atoms with Crippen molar-refractivity contribution in [2.45, 2.75) is 12.8 Å². The molecule has 0 aliphatic carbocycles. The van der Waals surface area contributed by atoms with Gasteiger partial charge in [0.1, 0.15) is 0 Å². The second-order valence-corrected chi connectivity index (χ2v) is 7.07. The van der Waals surface area contributed by atoms with E-state index in [2.05, 4.69) is 0 Å². The van der Waals surface area contributed by atoms with E-state index in [1.807, 2.05) is 0 Å². The number of alkyl halides is 2. The molecule has 10 heteroatoms. The zero-order valence-electron chi connectivity index (χ0n) is 8.08. The van der Waals surface area contributed by atoms with Crippen LogP contribution in [0.25, 0.3) is 0 Å². The molecule has 0 heterocycles. The summed E-state index contributed by atoms with van der Waals surface area (Å²) in [5.74, 6) is -0.00849. The van der Waals surface area contributed by atoms with E-state index < -0.39 is 20.2 Å². The highest BCUT2D eigenvalue weighted by molar-refractivity contribution is 7.77. The fourth-order valence-corrected chi connectivity index (χ4v) is 4.24. The van der Waals surface area contributed by atoms with Gasteiger partial charge in [-0.2, -0.15) is 0 Å². The summed E-state index contributed by atoms with van der Waals surface area (Å²) in [5.41, 5.74) is -0.0772. The number of rotatable bonds is 6. The Hall–Kier alpha value is 0.620. The Morgan fingerprint density at radius 1 is 0.875 bits per heavy atom. The maximum absolute atomic E-state index is 11.0. The lowest BCUT2D eigenvalue weighted by Crippen LogP contribution is -1.98. The van der Waals surface area contributed by atoms with Crippen molar-refractivity contribution in [2.24, 2.45) is 0 Å². The molecule has 0 aromatic carbocycles. The lowest BCUT2D eigenvalue weighted by Gasteiger charge is -2.16. The third kappa shape index (κ3) is 5.30. The van der Waals surface area contributed by atoms with Crippen LogP contribution >= 0.6 is 38.4 Å². The van der Waals surface area contributed by atoms with Gasteiger partial charge in [-0.15, -0.1) is 23.2 Å². The smallest absolute Gasteiger partial charge is 0.321 e. The van der Waals surface area contributed by atoms with Crippen LogP contribution < -0.4 is 0 Å². The lowest BCUT2D eigenvalue weighted by atomic mass is 10.2. The average molecular weight is 313 g/mol. The third-order valence-electron chi connectivity index (χ3n) is 1.66. The van der Waals surface area contributed by atoms with Crippen LogP contribution in [0.2, 0.25) is 0 Å². The minimum atomic E-state index is -5.01. The molecule has 0 radical (unpaired) electrons. The van der Waals surface area contributed by atoms with Gasteiger partial charge in [0, 0.05) is 11.8 Å². The molecule has 0 unspecified atom stereocenters. The summed E-state index contributed by atoms with van der Waals surface area (Å²) in [7, 11) is -10.0. The van der Waals surface area contributed by atoms with Gasteiger partial charge >= 0.3 is 15.2 Å². The zero-order chi connectivity index (χ0) is 13.0. The number of halogens is 2. The topological polar surface area (TPSA) is 115 Å². The average Bonchev–Trinajstić information content (AvgIpc) is 1.99. The van der Waals surface area contributed by atoms with Crippen molar-refractivity contribution in [3.8, 4) is 0 Å². The van der Waals surface area contributed by atoms with Gasteiger partial charge in [0.2, 0.25) is 0 Å². The molecule has 0 saturated heterocycles. The molecular weight excluding hydrogens is 301 g/mol. The monoisotopic (exact) mass is 312 g/mol. The van der Waals surface area contributed by atoms with Gasteiger partial charge in [-0.05, 0) is 18.4 Å². The van der Waals surface area contributed by atoms with Gasteiger partial charge in [-0.3, -0.25) is 9.13 Å². The van der Waals surface area contributed by atoms with Crippen LogP contribution in [0.4, 0.5) is 0 Å². The standard InChI is InChI=1S/C6H12Cl2O6P2/c7-3-1-5(2-4-8)6(15(9,10)11)16(12,13)14/h1-4H2,(H2,9,10,11)(H2,12,13,14). The molecule has 0 amide bonds. The summed E-state index contributed by atoms with van der Waals surface area (Å²) in [4.78, 5) is 35.6. The Balaban J connectivity index is 5.66. The summed E-state index contributed by atoms with van der Waals surface area (Å²) >= 11 is 10.8. The number of allylic oxidation sites excluding steroid dienone is 1. The largest absolute Gasteiger partial charge is 0.364 e. The normalized spacial score (nSPS) is 12.6. The summed E-state index contributed by atoms with van der Waals surface area (Å²) in [6, 6.07) is 0.